The Morgan fingerprint density at radius 2 is 1.83 bits per heavy atom. The molecule has 0 saturated heterocycles. The number of hydrogen-bond acceptors (Lipinski definition) is 2. The van der Waals surface area contributed by atoms with Gasteiger partial charge < -0.3 is 15.6 Å². The molecule has 2 aromatic heterocycles. The van der Waals surface area contributed by atoms with Gasteiger partial charge in [-0.05, 0) is 41.7 Å². The maximum absolute atomic E-state index is 4.36. The molecule has 2 heterocycles. The van der Waals surface area contributed by atoms with Crippen LogP contribution in [0.2, 0.25) is 0 Å². The second-order valence-electron chi connectivity index (χ2n) is 7.29. The summed E-state index contributed by atoms with van der Waals surface area (Å²) in [4.78, 5) is 7.71. The predicted octanol–water partition coefficient (Wildman–Crippen LogP) is 3.71. The van der Waals surface area contributed by atoms with Crippen molar-refractivity contribution >= 4 is 16.9 Å². The number of aliphatic imine (C=N–C) groups is 1. The van der Waals surface area contributed by atoms with E-state index in [4.69, 9.17) is 0 Å². The first-order valence-electron chi connectivity index (χ1n) is 10.4. The summed E-state index contributed by atoms with van der Waals surface area (Å²) >= 11 is 0. The molecule has 0 aliphatic heterocycles. The molecule has 0 saturated carbocycles. The van der Waals surface area contributed by atoms with Crippen LogP contribution in [0.25, 0.3) is 10.9 Å². The highest BCUT2D eigenvalue weighted by Crippen LogP contribution is 2.18. The number of aryl methyl sites for hydroxylation is 1. The molecule has 2 aromatic carbocycles. The Kier molecular flexibility index (Phi) is 6.44. The van der Waals surface area contributed by atoms with Crippen molar-refractivity contribution in [2.45, 2.75) is 25.9 Å². The number of fused-ring (bicyclic) bond motifs is 1. The lowest BCUT2D eigenvalue weighted by molar-refractivity contribution is 0.677. The predicted molar refractivity (Wildman–Crippen MR) is 123 cm³/mol. The van der Waals surface area contributed by atoms with Crippen LogP contribution < -0.4 is 10.6 Å². The smallest absolute Gasteiger partial charge is 0.191 e. The highest BCUT2D eigenvalue weighted by molar-refractivity contribution is 5.83. The second-order valence-corrected chi connectivity index (χ2v) is 7.29. The number of para-hydroxylation sites is 1. The number of nitrogens with zero attached hydrogens (tertiary/aromatic N) is 3. The second kappa shape index (κ2) is 9.78. The molecular formula is C24H28N6. The first-order chi connectivity index (χ1) is 14.8. The normalized spacial score (nSPS) is 11.7. The van der Waals surface area contributed by atoms with Gasteiger partial charge in [-0.3, -0.25) is 9.67 Å². The Hall–Kier alpha value is -3.54. The van der Waals surface area contributed by atoms with Crippen molar-refractivity contribution in [3.05, 3.63) is 89.9 Å². The molecule has 0 unspecified atom stereocenters. The van der Waals surface area contributed by atoms with Gasteiger partial charge in [-0.2, -0.15) is 5.10 Å². The van der Waals surface area contributed by atoms with Crippen molar-refractivity contribution in [2.24, 2.45) is 4.99 Å². The molecule has 0 spiro atoms. The fourth-order valence-electron chi connectivity index (χ4n) is 3.68. The summed E-state index contributed by atoms with van der Waals surface area (Å²) in [5.74, 6) is 0.822. The van der Waals surface area contributed by atoms with E-state index in [1.54, 1.807) is 0 Å². The van der Waals surface area contributed by atoms with E-state index in [0.29, 0.717) is 0 Å². The zero-order valence-electron chi connectivity index (χ0n) is 17.3. The van der Waals surface area contributed by atoms with Crippen molar-refractivity contribution in [3.63, 3.8) is 0 Å². The molecule has 0 radical (unpaired) electrons. The van der Waals surface area contributed by atoms with Crippen LogP contribution in [0, 0.1) is 0 Å². The molecule has 6 heteroatoms. The molecule has 30 heavy (non-hydrogen) atoms. The lowest BCUT2D eigenvalue weighted by Gasteiger charge is -2.14. The van der Waals surface area contributed by atoms with E-state index in [9.17, 15) is 0 Å². The monoisotopic (exact) mass is 400 g/mol. The highest BCUT2D eigenvalue weighted by Gasteiger charge is 2.06. The fraction of sp³-hybridized carbons (Fsp3) is 0.250. The van der Waals surface area contributed by atoms with E-state index < -0.39 is 0 Å². The van der Waals surface area contributed by atoms with Crippen molar-refractivity contribution in [1.82, 2.24) is 25.4 Å². The molecule has 0 aliphatic rings. The molecular weight excluding hydrogens is 372 g/mol. The lowest BCUT2D eigenvalue weighted by atomic mass is 10.1. The Morgan fingerprint density at radius 1 is 1.00 bits per heavy atom. The average molecular weight is 401 g/mol. The molecule has 3 N–H and O–H groups in total. The zero-order valence-corrected chi connectivity index (χ0v) is 17.3. The van der Waals surface area contributed by atoms with E-state index in [2.05, 4.69) is 80.4 Å². The summed E-state index contributed by atoms with van der Waals surface area (Å²) in [7, 11) is 1.81. The molecule has 0 fully saturated rings. The van der Waals surface area contributed by atoms with Crippen LogP contribution in [0.4, 0.5) is 0 Å². The van der Waals surface area contributed by atoms with Crippen molar-refractivity contribution < 1.29 is 0 Å². The van der Waals surface area contributed by atoms with Gasteiger partial charge in [0.05, 0.1) is 6.54 Å². The number of H-pyrrole nitrogens is 1. The van der Waals surface area contributed by atoms with E-state index in [1.165, 1.54) is 27.6 Å². The van der Waals surface area contributed by atoms with Gasteiger partial charge in [-0.25, -0.2) is 0 Å². The Bertz CT molecular complexity index is 1090. The molecule has 4 aromatic rings. The molecule has 0 amide bonds. The van der Waals surface area contributed by atoms with Gasteiger partial charge in [0.25, 0.3) is 0 Å². The Morgan fingerprint density at radius 3 is 2.67 bits per heavy atom. The van der Waals surface area contributed by atoms with Crippen LogP contribution in [-0.2, 0) is 19.5 Å². The highest BCUT2D eigenvalue weighted by atomic mass is 15.3. The van der Waals surface area contributed by atoms with E-state index in [0.717, 1.165) is 38.4 Å². The maximum atomic E-state index is 4.36. The number of rotatable bonds is 8. The van der Waals surface area contributed by atoms with Crippen LogP contribution >= 0.6 is 0 Å². The van der Waals surface area contributed by atoms with Crippen molar-refractivity contribution in [2.75, 3.05) is 13.6 Å². The SMILES string of the molecule is CN=C(NCCCc1c[nH]c2ccccc12)NCc1ccccc1Cn1cccn1. The number of nitrogens with one attached hydrogen (secondary N) is 3. The third kappa shape index (κ3) is 4.89. The number of aromatic nitrogens is 3. The molecule has 0 atom stereocenters. The summed E-state index contributed by atoms with van der Waals surface area (Å²) in [5, 5.41) is 12.5. The summed E-state index contributed by atoms with van der Waals surface area (Å²) in [6.07, 6.45) is 7.98. The van der Waals surface area contributed by atoms with Crippen LogP contribution in [0.5, 0.6) is 0 Å². The van der Waals surface area contributed by atoms with Crippen LogP contribution in [0.15, 0.2) is 78.2 Å². The summed E-state index contributed by atoms with van der Waals surface area (Å²) < 4.78 is 1.94. The molecule has 0 bridgehead atoms. The Balaban J connectivity index is 1.26. The molecule has 6 nitrogen and oxygen atoms in total. The van der Waals surface area contributed by atoms with Gasteiger partial charge in [0.1, 0.15) is 0 Å². The quantitative estimate of drug-likeness (QED) is 0.240. The van der Waals surface area contributed by atoms with E-state index in [-0.39, 0.29) is 0 Å². The number of benzene rings is 2. The summed E-state index contributed by atoms with van der Waals surface area (Å²) in [5.41, 5.74) is 5.06. The van der Waals surface area contributed by atoms with Gasteiger partial charge >= 0.3 is 0 Å². The van der Waals surface area contributed by atoms with Crippen LogP contribution in [0.3, 0.4) is 0 Å². The van der Waals surface area contributed by atoms with Gasteiger partial charge in [0, 0.05) is 49.6 Å². The summed E-state index contributed by atoms with van der Waals surface area (Å²) in [6.45, 7) is 2.36. The maximum Gasteiger partial charge on any atom is 0.191 e. The van der Waals surface area contributed by atoms with Crippen molar-refractivity contribution in [1.29, 1.82) is 0 Å². The fourth-order valence-corrected chi connectivity index (χ4v) is 3.68. The summed E-state index contributed by atoms with van der Waals surface area (Å²) in [6, 6.07) is 18.8. The van der Waals surface area contributed by atoms with Gasteiger partial charge in [0.2, 0.25) is 0 Å². The third-order valence-electron chi connectivity index (χ3n) is 5.27. The minimum Gasteiger partial charge on any atom is -0.361 e. The van der Waals surface area contributed by atoms with Crippen LogP contribution in [-0.4, -0.2) is 34.3 Å². The molecule has 0 aliphatic carbocycles. The topological polar surface area (TPSA) is 70.0 Å². The number of hydrogen-bond donors (Lipinski definition) is 3. The van der Waals surface area contributed by atoms with E-state index in [1.807, 2.05) is 30.2 Å². The first kappa shape index (κ1) is 19.8. The lowest BCUT2D eigenvalue weighted by Crippen LogP contribution is -2.37. The molecule has 4 rings (SSSR count). The van der Waals surface area contributed by atoms with Crippen molar-refractivity contribution in [3.8, 4) is 0 Å². The number of aromatic amines is 1. The number of guanidine groups is 1. The molecule has 154 valence electrons. The Labute approximate surface area is 177 Å². The standard InChI is InChI=1S/C24H28N6/c1-25-24(26-13-6-10-20-17-27-23-12-5-4-11-22(20)23)28-16-19-8-2-3-9-21(19)18-30-15-7-14-29-30/h2-5,7-9,11-12,14-15,17,27H,6,10,13,16,18H2,1H3,(H2,25,26,28). The van der Waals surface area contributed by atoms with Crippen LogP contribution in [0.1, 0.15) is 23.1 Å². The van der Waals surface area contributed by atoms with Gasteiger partial charge in [-0.15, -0.1) is 0 Å². The third-order valence-corrected chi connectivity index (χ3v) is 5.27. The minimum absolute atomic E-state index is 0.722. The van der Waals surface area contributed by atoms with E-state index >= 15 is 0 Å². The first-order valence-corrected chi connectivity index (χ1v) is 10.4. The average Bonchev–Trinajstić information content (AvgIpc) is 3.44. The van der Waals surface area contributed by atoms with Gasteiger partial charge in [0.15, 0.2) is 5.96 Å². The largest absolute Gasteiger partial charge is 0.361 e. The zero-order chi connectivity index (χ0) is 20.6. The minimum atomic E-state index is 0.722. The van der Waals surface area contributed by atoms with Gasteiger partial charge in [-0.1, -0.05) is 42.5 Å².